The number of carbonyl (C=O) groups is 2. The summed E-state index contributed by atoms with van der Waals surface area (Å²) < 4.78 is 34.4. The molecule has 12 heteroatoms. The fraction of sp³-hybridized carbons (Fsp3) is 0.367. The van der Waals surface area contributed by atoms with Crippen LogP contribution in [0.1, 0.15) is 66.8 Å². The van der Waals surface area contributed by atoms with Gasteiger partial charge in [0, 0.05) is 11.6 Å². The van der Waals surface area contributed by atoms with E-state index < -0.39 is 52.5 Å². The lowest BCUT2D eigenvalue weighted by Gasteiger charge is -2.38. The average molecular weight is 598 g/mol. The third kappa shape index (κ3) is 6.14. The predicted octanol–water partition coefficient (Wildman–Crippen LogP) is 5.51. The summed E-state index contributed by atoms with van der Waals surface area (Å²) in [4.78, 5) is 40.6. The van der Waals surface area contributed by atoms with Crippen LogP contribution in [0.15, 0.2) is 41.2 Å². The van der Waals surface area contributed by atoms with Crippen LogP contribution in [-0.4, -0.2) is 39.0 Å². The number of aryl methyl sites for hydroxylation is 2. The molecular weight excluding hydrogens is 568 g/mol. The highest BCUT2D eigenvalue weighted by Gasteiger charge is 2.46. The van der Waals surface area contributed by atoms with Gasteiger partial charge in [0.05, 0.1) is 34.3 Å². The van der Waals surface area contributed by atoms with Crippen molar-refractivity contribution in [2.45, 2.75) is 65.6 Å². The van der Waals surface area contributed by atoms with Gasteiger partial charge in [-0.15, -0.1) is 0 Å². The monoisotopic (exact) mass is 597 g/mol. The Labute approximate surface area is 246 Å². The first-order chi connectivity index (χ1) is 19.7. The average Bonchev–Trinajstić information content (AvgIpc) is 3.39. The maximum absolute atomic E-state index is 15.1. The molecule has 3 aromatic rings. The molecule has 1 fully saturated rings. The van der Waals surface area contributed by atoms with Gasteiger partial charge in [-0.25, -0.2) is 13.9 Å². The molecule has 2 aromatic carbocycles. The van der Waals surface area contributed by atoms with Gasteiger partial charge in [0.25, 0.3) is 5.91 Å². The number of rotatable bonds is 7. The lowest BCUT2D eigenvalue weighted by molar-refractivity contribution is -0.137. The van der Waals surface area contributed by atoms with Crippen molar-refractivity contribution >= 4 is 23.4 Å². The fourth-order valence-corrected chi connectivity index (χ4v) is 5.36. The van der Waals surface area contributed by atoms with Crippen molar-refractivity contribution in [1.29, 1.82) is 5.26 Å². The Morgan fingerprint density at radius 2 is 1.90 bits per heavy atom. The second-order valence-corrected chi connectivity index (χ2v) is 11.4. The molecule has 0 bridgehead atoms. The first-order valence-corrected chi connectivity index (χ1v) is 13.6. The van der Waals surface area contributed by atoms with E-state index in [4.69, 9.17) is 16.3 Å². The SMILES string of the molecule is Cc1cc(Oc2c(C)cc(C(=O)N[C@H](C)C(=O)N3C(C(C)(C)C#N)CC[C@H]3c3ccc(F)c(Cl)c3)cc2F)c(=O)[nH]n1. The molecule has 1 aromatic heterocycles. The molecule has 9 nitrogen and oxygen atoms in total. The zero-order valence-electron chi connectivity index (χ0n) is 23.7. The second kappa shape index (κ2) is 11.9. The highest BCUT2D eigenvalue weighted by molar-refractivity contribution is 6.30. The highest BCUT2D eigenvalue weighted by atomic mass is 35.5. The summed E-state index contributed by atoms with van der Waals surface area (Å²) in [6.07, 6.45) is 1.02. The first-order valence-electron chi connectivity index (χ1n) is 13.3. The van der Waals surface area contributed by atoms with E-state index in [-0.39, 0.29) is 27.6 Å². The molecule has 2 heterocycles. The highest BCUT2D eigenvalue weighted by Crippen LogP contribution is 2.44. The van der Waals surface area contributed by atoms with Gasteiger partial charge in [-0.2, -0.15) is 10.4 Å². The van der Waals surface area contributed by atoms with Crippen LogP contribution >= 0.6 is 11.6 Å². The Balaban J connectivity index is 1.57. The molecule has 0 saturated carbocycles. The number of aromatic nitrogens is 2. The van der Waals surface area contributed by atoms with Crippen molar-refractivity contribution in [3.63, 3.8) is 0 Å². The van der Waals surface area contributed by atoms with Crippen molar-refractivity contribution in [2.75, 3.05) is 0 Å². The van der Waals surface area contributed by atoms with Gasteiger partial charge < -0.3 is 15.0 Å². The van der Waals surface area contributed by atoms with E-state index in [0.29, 0.717) is 24.1 Å². The molecule has 2 amide bonds. The van der Waals surface area contributed by atoms with Crippen molar-refractivity contribution in [3.05, 3.63) is 85.8 Å². The molecular formula is C30H30ClF2N5O4. The van der Waals surface area contributed by atoms with Crippen LogP contribution in [0.5, 0.6) is 11.5 Å². The Morgan fingerprint density at radius 3 is 2.55 bits per heavy atom. The number of hydrogen-bond acceptors (Lipinski definition) is 6. The van der Waals surface area contributed by atoms with Gasteiger partial charge in [0.1, 0.15) is 11.9 Å². The van der Waals surface area contributed by atoms with Crippen molar-refractivity contribution in [1.82, 2.24) is 20.4 Å². The maximum atomic E-state index is 15.1. The number of amides is 2. The molecule has 1 saturated heterocycles. The molecule has 0 spiro atoms. The smallest absolute Gasteiger partial charge is 0.307 e. The van der Waals surface area contributed by atoms with E-state index in [0.717, 1.165) is 6.07 Å². The molecule has 4 rings (SSSR count). The Hall–Kier alpha value is -4.30. The minimum atomic E-state index is -1.05. The second-order valence-electron chi connectivity index (χ2n) is 11.0. The van der Waals surface area contributed by atoms with Crippen LogP contribution in [0, 0.1) is 42.2 Å². The number of nitrogens with zero attached hydrogens (tertiary/aromatic N) is 3. The molecule has 1 aliphatic rings. The molecule has 3 atom stereocenters. The number of H-pyrrole nitrogens is 1. The summed E-state index contributed by atoms with van der Waals surface area (Å²) in [6, 6.07) is 8.16. The molecule has 1 aliphatic heterocycles. The molecule has 0 aliphatic carbocycles. The zero-order chi connectivity index (χ0) is 30.9. The van der Waals surface area contributed by atoms with E-state index in [2.05, 4.69) is 21.6 Å². The quantitative estimate of drug-likeness (QED) is 0.369. The number of carbonyl (C=O) groups excluding carboxylic acids is 2. The van der Waals surface area contributed by atoms with E-state index in [1.807, 2.05) is 0 Å². The maximum Gasteiger partial charge on any atom is 0.307 e. The van der Waals surface area contributed by atoms with Crippen molar-refractivity contribution < 1.29 is 23.1 Å². The van der Waals surface area contributed by atoms with Crippen LogP contribution in [0.3, 0.4) is 0 Å². The number of aromatic amines is 1. The number of halogens is 3. The molecule has 1 unspecified atom stereocenters. The van der Waals surface area contributed by atoms with Crippen molar-refractivity contribution in [2.24, 2.45) is 5.41 Å². The molecule has 42 heavy (non-hydrogen) atoms. The summed E-state index contributed by atoms with van der Waals surface area (Å²) in [5, 5.41) is 18.4. The lowest BCUT2D eigenvalue weighted by Crippen LogP contribution is -2.52. The third-order valence-electron chi connectivity index (χ3n) is 7.41. The van der Waals surface area contributed by atoms with E-state index in [9.17, 15) is 24.0 Å². The number of nitrogens with one attached hydrogen (secondary N) is 2. The van der Waals surface area contributed by atoms with Gasteiger partial charge in [0.2, 0.25) is 5.91 Å². The number of likely N-dealkylation sites (tertiary alicyclic amines) is 1. The van der Waals surface area contributed by atoms with Gasteiger partial charge in [-0.1, -0.05) is 17.7 Å². The van der Waals surface area contributed by atoms with E-state index >= 15 is 4.39 Å². The normalized spacial score (nSPS) is 17.5. The molecule has 220 valence electrons. The van der Waals surface area contributed by atoms with Crippen molar-refractivity contribution in [3.8, 4) is 17.6 Å². The molecule has 2 N–H and O–H groups in total. The van der Waals surface area contributed by atoms with Crippen LogP contribution in [-0.2, 0) is 4.79 Å². The van der Waals surface area contributed by atoms with Crippen LogP contribution in [0.25, 0.3) is 0 Å². The Kier molecular flexibility index (Phi) is 8.68. The minimum absolute atomic E-state index is 0.0611. The topological polar surface area (TPSA) is 128 Å². The summed E-state index contributed by atoms with van der Waals surface area (Å²) in [5.41, 5.74) is -0.301. The third-order valence-corrected chi connectivity index (χ3v) is 7.70. The van der Waals surface area contributed by atoms with Crippen LogP contribution < -0.4 is 15.6 Å². The van der Waals surface area contributed by atoms with Gasteiger partial charge in [0.15, 0.2) is 17.3 Å². The standard InChI is InChI=1S/C30H30ClF2N5O4/c1-15-10-19(13-22(33)26(15)42-24-11-16(2)36-37-28(24)40)27(39)35-17(3)29(41)38-23(8-9-25(38)30(4,5)14-34)18-6-7-21(32)20(31)12-18/h6-7,10-13,17,23,25H,8-9H2,1-5H3,(H,35,39)(H,37,40)/t17-,23+,25?/m1/s1. The van der Waals surface area contributed by atoms with Gasteiger partial charge >= 0.3 is 5.56 Å². The Morgan fingerprint density at radius 1 is 1.19 bits per heavy atom. The van der Waals surface area contributed by atoms with E-state index in [1.165, 1.54) is 38.1 Å². The lowest BCUT2D eigenvalue weighted by atomic mass is 9.84. The number of hydrogen-bond donors (Lipinski definition) is 2. The molecule has 0 radical (unpaired) electrons. The summed E-state index contributed by atoms with van der Waals surface area (Å²) in [7, 11) is 0. The minimum Gasteiger partial charge on any atom is -0.448 e. The largest absolute Gasteiger partial charge is 0.448 e. The number of nitriles is 1. The van der Waals surface area contributed by atoms with Crippen LogP contribution in [0.4, 0.5) is 8.78 Å². The van der Waals surface area contributed by atoms with E-state index in [1.54, 1.807) is 31.7 Å². The first kappa shape index (κ1) is 30.7. The van der Waals surface area contributed by atoms with Crippen LogP contribution in [0.2, 0.25) is 5.02 Å². The zero-order valence-corrected chi connectivity index (χ0v) is 24.5. The summed E-state index contributed by atoms with van der Waals surface area (Å²) >= 11 is 6.02. The predicted molar refractivity (Wildman–Crippen MR) is 151 cm³/mol. The number of ether oxygens (including phenoxy) is 1. The fourth-order valence-electron chi connectivity index (χ4n) is 5.17. The van der Waals surface area contributed by atoms with Gasteiger partial charge in [-0.05, 0) is 82.9 Å². The summed E-state index contributed by atoms with van der Waals surface area (Å²) in [5.74, 6) is -3.02. The van der Waals surface area contributed by atoms with Gasteiger partial charge in [-0.3, -0.25) is 14.4 Å². The Bertz CT molecular complexity index is 1630. The summed E-state index contributed by atoms with van der Waals surface area (Å²) in [6.45, 7) is 8.12. The number of benzene rings is 2.